The second-order valence-electron chi connectivity index (χ2n) is 5.36. The van der Waals surface area contributed by atoms with Gasteiger partial charge in [-0.05, 0) is 31.4 Å². The summed E-state index contributed by atoms with van der Waals surface area (Å²) in [6.45, 7) is 3.19. The maximum Gasteiger partial charge on any atom is 0.242 e. The Bertz CT molecular complexity index is 522. The molecule has 1 aromatic rings. The Kier molecular flexibility index (Phi) is 5.43. The molecule has 5 heteroatoms. The zero-order valence-electron chi connectivity index (χ0n) is 12.1. The molecular weight excluding hydrogens is 272 g/mol. The molecule has 112 valence electrons. The summed E-state index contributed by atoms with van der Waals surface area (Å²) in [6, 6.07) is 7.05. The smallest absolute Gasteiger partial charge is 0.242 e. The van der Waals surface area contributed by atoms with Crippen LogP contribution in [0, 0.1) is 5.92 Å². The Labute approximate surface area is 122 Å². The van der Waals surface area contributed by atoms with E-state index in [1.165, 1.54) is 25.7 Å². The van der Waals surface area contributed by atoms with Crippen LogP contribution in [0.25, 0.3) is 0 Å². The second-order valence-corrected chi connectivity index (χ2v) is 7.10. The summed E-state index contributed by atoms with van der Waals surface area (Å²) in [6.07, 6.45) is 6.02. The molecule has 0 radical (unpaired) electrons. The minimum Gasteiger partial charge on any atom is -0.384 e. The van der Waals surface area contributed by atoms with Crippen molar-refractivity contribution in [2.45, 2.75) is 43.9 Å². The van der Waals surface area contributed by atoms with Crippen molar-refractivity contribution in [2.24, 2.45) is 5.92 Å². The Hall–Kier alpha value is -1.07. The summed E-state index contributed by atoms with van der Waals surface area (Å²) in [7, 11) is -3.42. The molecule has 0 bridgehead atoms. The van der Waals surface area contributed by atoms with Crippen LogP contribution in [0.3, 0.4) is 0 Å². The fraction of sp³-hybridized carbons (Fsp3) is 0.600. The second kappa shape index (κ2) is 7.09. The molecule has 2 N–H and O–H groups in total. The maximum absolute atomic E-state index is 12.4. The Morgan fingerprint density at radius 3 is 2.60 bits per heavy atom. The minimum atomic E-state index is -3.42. The lowest BCUT2D eigenvalue weighted by molar-refractivity contribution is 0.496. The van der Waals surface area contributed by atoms with Gasteiger partial charge in [0.15, 0.2) is 0 Å². The van der Waals surface area contributed by atoms with Gasteiger partial charge in [0.05, 0.1) is 5.69 Å². The monoisotopic (exact) mass is 296 g/mol. The molecule has 0 aliphatic heterocycles. The maximum atomic E-state index is 12.4. The van der Waals surface area contributed by atoms with E-state index in [1.54, 1.807) is 18.2 Å². The largest absolute Gasteiger partial charge is 0.384 e. The Morgan fingerprint density at radius 2 is 1.90 bits per heavy atom. The molecule has 1 fully saturated rings. The van der Waals surface area contributed by atoms with Crippen molar-refractivity contribution >= 4 is 15.7 Å². The first kappa shape index (κ1) is 15.3. The van der Waals surface area contributed by atoms with Crippen molar-refractivity contribution in [3.05, 3.63) is 24.3 Å². The van der Waals surface area contributed by atoms with Gasteiger partial charge < -0.3 is 5.32 Å². The predicted octanol–water partition coefficient (Wildman–Crippen LogP) is 2.98. The van der Waals surface area contributed by atoms with Crippen LogP contribution in [0.4, 0.5) is 5.69 Å². The number of hydrogen-bond donors (Lipinski definition) is 2. The van der Waals surface area contributed by atoms with E-state index in [4.69, 9.17) is 0 Å². The van der Waals surface area contributed by atoms with E-state index in [-0.39, 0.29) is 0 Å². The van der Waals surface area contributed by atoms with E-state index in [1.807, 2.05) is 13.0 Å². The highest BCUT2D eigenvalue weighted by Crippen LogP contribution is 2.27. The van der Waals surface area contributed by atoms with Crippen molar-refractivity contribution in [1.82, 2.24) is 4.72 Å². The van der Waals surface area contributed by atoms with Gasteiger partial charge in [-0.15, -0.1) is 0 Å². The van der Waals surface area contributed by atoms with Crippen LogP contribution in [0.15, 0.2) is 29.2 Å². The van der Waals surface area contributed by atoms with Gasteiger partial charge in [-0.1, -0.05) is 37.8 Å². The fourth-order valence-electron chi connectivity index (χ4n) is 2.81. The van der Waals surface area contributed by atoms with Crippen molar-refractivity contribution in [2.75, 3.05) is 18.4 Å². The summed E-state index contributed by atoms with van der Waals surface area (Å²) in [5.74, 6) is 0.696. The molecule has 0 unspecified atom stereocenters. The number of nitrogens with one attached hydrogen (secondary N) is 2. The topological polar surface area (TPSA) is 58.2 Å². The zero-order valence-corrected chi connectivity index (χ0v) is 12.9. The van der Waals surface area contributed by atoms with E-state index in [9.17, 15) is 8.42 Å². The highest BCUT2D eigenvalue weighted by molar-refractivity contribution is 7.89. The number of para-hydroxylation sites is 1. The van der Waals surface area contributed by atoms with Gasteiger partial charge in [-0.25, -0.2) is 13.1 Å². The van der Waals surface area contributed by atoms with Crippen molar-refractivity contribution in [3.8, 4) is 0 Å². The Balaban J connectivity index is 1.98. The number of anilines is 1. The lowest BCUT2D eigenvalue weighted by Crippen LogP contribution is -2.26. The van der Waals surface area contributed by atoms with Gasteiger partial charge in [0.25, 0.3) is 0 Å². The van der Waals surface area contributed by atoms with Crippen molar-refractivity contribution < 1.29 is 8.42 Å². The van der Waals surface area contributed by atoms with E-state index in [2.05, 4.69) is 10.0 Å². The summed E-state index contributed by atoms with van der Waals surface area (Å²) in [5, 5.41) is 3.09. The average Bonchev–Trinajstić information content (AvgIpc) is 2.92. The molecule has 1 aliphatic carbocycles. The molecule has 2 rings (SSSR count). The van der Waals surface area contributed by atoms with Crippen molar-refractivity contribution in [3.63, 3.8) is 0 Å². The first-order valence-corrected chi connectivity index (χ1v) is 8.94. The van der Waals surface area contributed by atoms with Gasteiger partial charge in [-0.3, -0.25) is 0 Å². The number of rotatable bonds is 7. The van der Waals surface area contributed by atoms with Gasteiger partial charge in [0.2, 0.25) is 10.0 Å². The molecule has 4 nitrogen and oxygen atoms in total. The van der Waals surface area contributed by atoms with Crippen LogP contribution in [0.2, 0.25) is 0 Å². The van der Waals surface area contributed by atoms with Gasteiger partial charge in [-0.2, -0.15) is 0 Å². The van der Waals surface area contributed by atoms with E-state index < -0.39 is 10.0 Å². The summed E-state index contributed by atoms with van der Waals surface area (Å²) < 4.78 is 27.4. The standard InChI is InChI=1S/C15H24N2O2S/c1-2-16-14-9-5-6-10-15(14)20(18,19)17-12-11-13-7-3-4-8-13/h5-6,9-10,13,16-17H,2-4,7-8,11-12H2,1H3. The third kappa shape index (κ3) is 3.96. The highest BCUT2D eigenvalue weighted by atomic mass is 32.2. The first-order chi connectivity index (χ1) is 9.63. The first-order valence-electron chi connectivity index (χ1n) is 7.46. The van der Waals surface area contributed by atoms with E-state index in [0.717, 1.165) is 6.42 Å². The van der Waals surface area contributed by atoms with Gasteiger partial charge in [0.1, 0.15) is 4.90 Å². The lowest BCUT2D eigenvalue weighted by Gasteiger charge is -2.13. The normalized spacial score (nSPS) is 16.4. The molecule has 1 saturated carbocycles. The van der Waals surface area contributed by atoms with Crippen LogP contribution in [0.1, 0.15) is 39.0 Å². The van der Waals surface area contributed by atoms with Crippen LogP contribution in [-0.4, -0.2) is 21.5 Å². The van der Waals surface area contributed by atoms with Crippen molar-refractivity contribution in [1.29, 1.82) is 0 Å². The van der Waals surface area contributed by atoms with Gasteiger partial charge in [0, 0.05) is 13.1 Å². The third-order valence-electron chi connectivity index (χ3n) is 3.86. The molecule has 0 heterocycles. The van der Waals surface area contributed by atoms with Crippen LogP contribution in [0.5, 0.6) is 0 Å². The molecule has 0 spiro atoms. The fourth-order valence-corrected chi connectivity index (χ4v) is 4.04. The molecular formula is C15H24N2O2S. The SMILES string of the molecule is CCNc1ccccc1S(=O)(=O)NCCC1CCCC1. The average molecular weight is 296 g/mol. The van der Waals surface area contributed by atoms with E-state index in [0.29, 0.717) is 29.6 Å². The summed E-state index contributed by atoms with van der Waals surface area (Å²) in [4.78, 5) is 0.341. The number of sulfonamides is 1. The quantitative estimate of drug-likeness (QED) is 0.813. The molecule has 1 aliphatic rings. The molecule has 20 heavy (non-hydrogen) atoms. The Morgan fingerprint density at radius 1 is 1.20 bits per heavy atom. The predicted molar refractivity (Wildman–Crippen MR) is 82.4 cm³/mol. The van der Waals surface area contributed by atoms with Crippen LogP contribution >= 0.6 is 0 Å². The summed E-state index contributed by atoms with van der Waals surface area (Å²) in [5.41, 5.74) is 0.670. The molecule has 0 aromatic heterocycles. The molecule has 1 aromatic carbocycles. The lowest BCUT2D eigenvalue weighted by atomic mass is 10.1. The van der Waals surface area contributed by atoms with Crippen LogP contribution in [-0.2, 0) is 10.0 Å². The molecule has 0 saturated heterocycles. The third-order valence-corrected chi connectivity index (χ3v) is 5.38. The highest BCUT2D eigenvalue weighted by Gasteiger charge is 2.19. The number of hydrogen-bond acceptors (Lipinski definition) is 3. The number of benzene rings is 1. The molecule has 0 atom stereocenters. The summed E-state index contributed by atoms with van der Waals surface area (Å²) >= 11 is 0. The minimum absolute atomic E-state index is 0.341. The molecule has 0 amide bonds. The van der Waals surface area contributed by atoms with E-state index >= 15 is 0 Å². The van der Waals surface area contributed by atoms with Gasteiger partial charge >= 0.3 is 0 Å². The zero-order chi connectivity index (χ0) is 14.4. The van der Waals surface area contributed by atoms with Crippen LogP contribution < -0.4 is 10.0 Å².